The average molecular weight is 246 g/mol. The maximum Gasteiger partial charge on any atom is 0.230 e. The van der Waals surface area contributed by atoms with Crippen LogP contribution in [0.3, 0.4) is 0 Å². The second kappa shape index (κ2) is 5.01. The Labute approximate surface area is 109 Å². The number of benzene rings is 1. The van der Waals surface area contributed by atoms with Gasteiger partial charge in [0.05, 0.1) is 0 Å². The van der Waals surface area contributed by atoms with Gasteiger partial charge in [-0.25, -0.2) is 0 Å². The van der Waals surface area contributed by atoms with E-state index in [0.29, 0.717) is 5.92 Å². The fraction of sp³-hybridized carbons (Fsp3) is 0.533. The third-order valence-electron chi connectivity index (χ3n) is 3.94. The van der Waals surface area contributed by atoms with Crippen LogP contribution in [0.25, 0.3) is 0 Å². The molecule has 1 aliphatic rings. The number of hydrogen-bond acceptors (Lipinski definition) is 2. The summed E-state index contributed by atoms with van der Waals surface area (Å²) >= 11 is 0. The first-order valence-corrected chi connectivity index (χ1v) is 6.71. The lowest BCUT2D eigenvalue weighted by Crippen LogP contribution is -2.40. The van der Waals surface area contributed by atoms with Crippen LogP contribution in [-0.4, -0.2) is 12.5 Å². The van der Waals surface area contributed by atoms with Crippen LogP contribution < -0.4 is 10.6 Å². The van der Waals surface area contributed by atoms with Crippen molar-refractivity contribution < 1.29 is 4.79 Å². The Kier molecular flexibility index (Phi) is 3.60. The van der Waals surface area contributed by atoms with E-state index in [4.69, 9.17) is 5.73 Å². The molecule has 1 atom stereocenters. The maximum absolute atomic E-state index is 12.5. The van der Waals surface area contributed by atoms with E-state index in [2.05, 4.69) is 13.8 Å². The second-order valence-electron chi connectivity index (χ2n) is 5.47. The molecule has 1 heterocycles. The van der Waals surface area contributed by atoms with Gasteiger partial charge in [0.1, 0.15) is 0 Å². The van der Waals surface area contributed by atoms with Gasteiger partial charge in [0.25, 0.3) is 0 Å². The molecule has 0 spiro atoms. The number of rotatable bonds is 2. The molecule has 1 unspecified atom stereocenters. The van der Waals surface area contributed by atoms with Gasteiger partial charge in [-0.05, 0) is 36.5 Å². The predicted octanol–water partition coefficient (Wildman–Crippen LogP) is 2.84. The van der Waals surface area contributed by atoms with Crippen molar-refractivity contribution in [1.29, 1.82) is 0 Å². The van der Waals surface area contributed by atoms with Crippen molar-refractivity contribution in [1.82, 2.24) is 0 Å². The summed E-state index contributed by atoms with van der Waals surface area (Å²) in [6, 6.07) is 5.86. The highest BCUT2D eigenvalue weighted by molar-refractivity contribution is 5.96. The van der Waals surface area contributed by atoms with Gasteiger partial charge in [-0.1, -0.05) is 26.8 Å². The van der Waals surface area contributed by atoms with Crippen LogP contribution in [0.1, 0.15) is 32.8 Å². The van der Waals surface area contributed by atoms with Crippen molar-refractivity contribution in [3.05, 3.63) is 23.8 Å². The molecule has 2 rings (SSSR count). The Balaban J connectivity index is 2.33. The molecular formula is C15H22N2O. The largest absolute Gasteiger partial charge is 0.398 e. The molecule has 0 bridgehead atoms. The lowest BCUT2D eigenvalue weighted by Gasteiger charge is -2.33. The van der Waals surface area contributed by atoms with Crippen LogP contribution in [0.2, 0.25) is 0 Å². The Bertz CT molecular complexity index is 454. The molecule has 0 aliphatic carbocycles. The zero-order valence-electron chi connectivity index (χ0n) is 11.4. The first-order chi connectivity index (χ1) is 8.52. The van der Waals surface area contributed by atoms with Gasteiger partial charge in [-0.15, -0.1) is 0 Å². The number of nitrogens with zero attached hydrogens (tertiary/aromatic N) is 1. The number of anilines is 2. The van der Waals surface area contributed by atoms with Crippen molar-refractivity contribution in [2.75, 3.05) is 17.2 Å². The van der Waals surface area contributed by atoms with Gasteiger partial charge >= 0.3 is 0 Å². The van der Waals surface area contributed by atoms with E-state index in [-0.39, 0.29) is 11.8 Å². The van der Waals surface area contributed by atoms with E-state index < -0.39 is 0 Å². The van der Waals surface area contributed by atoms with Gasteiger partial charge < -0.3 is 10.6 Å². The summed E-state index contributed by atoms with van der Waals surface area (Å²) in [6.07, 6.45) is 1.97. The third kappa shape index (κ3) is 2.22. The summed E-state index contributed by atoms with van der Waals surface area (Å²) in [5, 5.41) is 0. The molecule has 0 fully saturated rings. The van der Waals surface area contributed by atoms with Crippen molar-refractivity contribution in [2.45, 2.75) is 33.6 Å². The highest BCUT2D eigenvalue weighted by atomic mass is 16.2. The number of nitrogens with two attached hydrogens (primary N) is 1. The molecule has 0 aromatic heterocycles. The first kappa shape index (κ1) is 12.9. The Morgan fingerprint density at radius 2 is 2.06 bits per heavy atom. The molecule has 1 aromatic carbocycles. The van der Waals surface area contributed by atoms with Crippen LogP contribution in [-0.2, 0) is 11.2 Å². The highest BCUT2D eigenvalue weighted by Crippen LogP contribution is 2.32. The third-order valence-corrected chi connectivity index (χ3v) is 3.94. The van der Waals surface area contributed by atoms with Crippen molar-refractivity contribution in [3.63, 3.8) is 0 Å². The molecule has 2 N–H and O–H groups in total. The average Bonchev–Trinajstić information content (AvgIpc) is 2.37. The minimum Gasteiger partial charge on any atom is -0.398 e. The molecule has 0 saturated heterocycles. The van der Waals surface area contributed by atoms with Gasteiger partial charge in [0.2, 0.25) is 5.91 Å². The molecule has 1 amide bonds. The number of fused-ring (bicyclic) bond motifs is 1. The van der Waals surface area contributed by atoms with E-state index in [1.807, 2.05) is 30.0 Å². The molecule has 1 aromatic rings. The predicted molar refractivity (Wildman–Crippen MR) is 75.5 cm³/mol. The highest BCUT2D eigenvalue weighted by Gasteiger charge is 2.28. The van der Waals surface area contributed by atoms with Crippen molar-refractivity contribution in [2.24, 2.45) is 11.8 Å². The fourth-order valence-electron chi connectivity index (χ4n) is 2.41. The zero-order chi connectivity index (χ0) is 13.3. The van der Waals surface area contributed by atoms with E-state index in [1.54, 1.807) is 0 Å². The van der Waals surface area contributed by atoms with Gasteiger partial charge in [-0.3, -0.25) is 4.79 Å². The minimum absolute atomic E-state index is 0.0531. The van der Waals surface area contributed by atoms with Crippen LogP contribution in [0.5, 0.6) is 0 Å². The lowest BCUT2D eigenvalue weighted by atomic mass is 9.93. The molecule has 0 radical (unpaired) electrons. The Hall–Kier alpha value is -1.51. The second-order valence-corrected chi connectivity index (χ2v) is 5.47. The smallest absolute Gasteiger partial charge is 0.230 e. The molecule has 0 saturated carbocycles. The molecule has 18 heavy (non-hydrogen) atoms. The number of nitrogen functional groups attached to an aromatic ring is 1. The molecular weight excluding hydrogens is 224 g/mol. The Morgan fingerprint density at radius 1 is 1.33 bits per heavy atom. The summed E-state index contributed by atoms with van der Waals surface area (Å²) in [6.45, 7) is 7.00. The van der Waals surface area contributed by atoms with E-state index in [9.17, 15) is 4.79 Å². The topological polar surface area (TPSA) is 46.3 Å². The maximum atomic E-state index is 12.5. The number of amides is 1. The number of carbonyl (C=O) groups excluding carboxylic acids is 1. The van der Waals surface area contributed by atoms with Gasteiger partial charge in [0.15, 0.2) is 0 Å². The first-order valence-electron chi connectivity index (χ1n) is 6.71. The summed E-state index contributed by atoms with van der Waals surface area (Å²) < 4.78 is 0. The van der Waals surface area contributed by atoms with E-state index in [1.165, 1.54) is 0 Å². The number of hydrogen-bond donors (Lipinski definition) is 1. The Morgan fingerprint density at radius 3 is 2.72 bits per heavy atom. The quantitative estimate of drug-likeness (QED) is 0.816. The molecule has 98 valence electrons. The van der Waals surface area contributed by atoms with Crippen LogP contribution in [0, 0.1) is 11.8 Å². The number of carbonyl (C=O) groups is 1. The summed E-state index contributed by atoms with van der Waals surface area (Å²) in [5.74, 6) is 0.637. The standard InChI is InChI=1S/C15H22N2O/c1-10(2)11(3)15(18)17-9-5-6-12-13(16)7-4-8-14(12)17/h4,7-8,10-11H,5-6,9,16H2,1-3H3. The van der Waals surface area contributed by atoms with Crippen molar-refractivity contribution >= 4 is 17.3 Å². The van der Waals surface area contributed by atoms with Crippen LogP contribution in [0.15, 0.2) is 18.2 Å². The fourth-order valence-corrected chi connectivity index (χ4v) is 2.41. The normalized spacial score (nSPS) is 16.6. The molecule has 3 heteroatoms. The minimum atomic E-state index is 0.0531. The SMILES string of the molecule is CC(C)C(C)C(=O)N1CCCc2c(N)cccc21. The lowest BCUT2D eigenvalue weighted by molar-refractivity contribution is -0.123. The van der Waals surface area contributed by atoms with Crippen LogP contribution in [0.4, 0.5) is 11.4 Å². The molecule has 3 nitrogen and oxygen atoms in total. The summed E-state index contributed by atoms with van der Waals surface area (Å²) in [5.41, 5.74) is 8.95. The summed E-state index contributed by atoms with van der Waals surface area (Å²) in [4.78, 5) is 14.4. The van der Waals surface area contributed by atoms with Gasteiger partial charge in [-0.2, -0.15) is 0 Å². The zero-order valence-corrected chi connectivity index (χ0v) is 11.4. The monoisotopic (exact) mass is 246 g/mol. The van der Waals surface area contributed by atoms with E-state index >= 15 is 0 Å². The van der Waals surface area contributed by atoms with Crippen LogP contribution >= 0.6 is 0 Å². The summed E-state index contributed by atoms with van der Waals surface area (Å²) in [7, 11) is 0. The van der Waals surface area contributed by atoms with Gasteiger partial charge in [0, 0.05) is 23.8 Å². The molecule has 1 aliphatic heterocycles. The van der Waals surface area contributed by atoms with Crippen molar-refractivity contribution in [3.8, 4) is 0 Å². The van der Waals surface area contributed by atoms with E-state index in [0.717, 1.165) is 36.3 Å².